The molecule has 136 valence electrons. The molecule has 0 radical (unpaired) electrons. The quantitative estimate of drug-likeness (QED) is 0.422. The summed E-state index contributed by atoms with van der Waals surface area (Å²) in [6.07, 6.45) is 1.83. The van der Waals surface area contributed by atoms with Gasteiger partial charge in [0, 0.05) is 16.0 Å². The van der Waals surface area contributed by atoms with Gasteiger partial charge >= 0.3 is 0 Å². The molecule has 6 nitrogen and oxygen atoms in total. The molecule has 3 heterocycles. The molecule has 0 spiro atoms. The molecule has 0 aliphatic rings. The minimum Gasteiger partial charge on any atom is -0.486 e. The van der Waals surface area contributed by atoms with Crippen LogP contribution in [-0.4, -0.2) is 15.9 Å². The maximum absolute atomic E-state index is 12.3. The number of rotatable bonds is 6. The third-order valence-corrected chi connectivity index (χ3v) is 4.97. The van der Waals surface area contributed by atoms with Gasteiger partial charge in [0.2, 0.25) is 0 Å². The molecule has 2 N–H and O–H groups in total. The molecule has 1 amide bonds. The Morgan fingerprint density at radius 1 is 1.22 bits per heavy atom. The average Bonchev–Trinajstić information content (AvgIpc) is 3.42. The van der Waals surface area contributed by atoms with Crippen molar-refractivity contribution in [3.63, 3.8) is 0 Å². The molecule has 0 saturated carbocycles. The first kappa shape index (κ1) is 17.6. The fourth-order valence-electron chi connectivity index (χ4n) is 2.37. The highest BCUT2D eigenvalue weighted by atomic mass is 79.9. The molecule has 4 rings (SSSR count). The molecule has 0 aliphatic carbocycles. The highest BCUT2D eigenvalue weighted by Gasteiger charge is 2.14. The number of ether oxygens (including phenoxy) is 1. The van der Waals surface area contributed by atoms with Crippen LogP contribution in [0.1, 0.15) is 16.3 Å². The number of carbonyl (C=O) groups is 1. The van der Waals surface area contributed by atoms with Crippen molar-refractivity contribution in [3.05, 3.63) is 76.1 Å². The van der Waals surface area contributed by atoms with Crippen molar-refractivity contribution in [2.45, 2.75) is 6.61 Å². The summed E-state index contributed by atoms with van der Waals surface area (Å²) < 4.78 is 12.2. The van der Waals surface area contributed by atoms with Gasteiger partial charge in [-0.25, -0.2) is 4.98 Å². The number of amides is 1. The minimum atomic E-state index is -0.350. The second-order valence-corrected chi connectivity index (χ2v) is 7.36. The van der Waals surface area contributed by atoms with Gasteiger partial charge in [0.1, 0.15) is 18.1 Å². The number of nitrogens with one attached hydrogen (secondary N) is 2. The number of benzene rings is 1. The lowest BCUT2D eigenvalue weighted by Crippen LogP contribution is -2.10. The molecule has 0 aliphatic heterocycles. The summed E-state index contributed by atoms with van der Waals surface area (Å²) in [6.45, 7) is 0.239. The maximum atomic E-state index is 12.3. The number of hydrogen-bond acceptors (Lipinski definition) is 5. The van der Waals surface area contributed by atoms with E-state index >= 15 is 0 Å². The molecule has 0 bridgehead atoms. The van der Waals surface area contributed by atoms with Crippen LogP contribution in [-0.2, 0) is 6.61 Å². The van der Waals surface area contributed by atoms with Gasteiger partial charge in [-0.2, -0.15) is 0 Å². The average molecular weight is 444 g/mol. The van der Waals surface area contributed by atoms with Crippen molar-refractivity contribution in [2.24, 2.45) is 0 Å². The second-order valence-electron chi connectivity index (χ2n) is 5.58. The number of nitrogens with zero attached hydrogens (tertiary/aromatic N) is 1. The Labute approximate surface area is 167 Å². The topological polar surface area (TPSA) is 80.2 Å². The Balaban J connectivity index is 1.36. The van der Waals surface area contributed by atoms with Gasteiger partial charge in [0.25, 0.3) is 5.91 Å². The van der Waals surface area contributed by atoms with E-state index in [1.165, 1.54) is 11.3 Å². The summed E-state index contributed by atoms with van der Waals surface area (Å²) in [4.78, 5) is 19.8. The fraction of sp³-hybridized carbons (Fsp3) is 0.0526. The van der Waals surface area contributed by atoms with E-state index in [0.717, 1.165) is 21.6 Å². The normalized spacial score (nSPS) is 10.7. The molecule has 3 aromatic heterocycles. The van der Waals surface area contributed by atoms with E-state index in [0.29, 0.717) is 10.9 Å². The highest BCUT2D eigenvalue weighted by Crippen LogP contribution is 2.24. The summed E-state index contributed by atoms with van der Waals surface area (Å²) >= 11 is 4.73. The zero-order chi connectivity index (χ0) is 18.6. The van der Waals surface area contributed by atoms with Gasteiger partial charge in [0.05, 0.1) is 11.4 Å². The Morgan fingerprint density at radius 2 is 2.07 bits per heavy atom. The molecule has 1 aromatic carbocycles. The smallest absolute Gasteiger partial charge is 0.293 e. The first-order valence-electron chi connectivity index (χ1n) is 8.05. The summed E-state index contributed by atoms with van der Waals surface area (Å²) in [7, 11) is 0. The third-order valence-electron chi connectivity index (χ3n) is 3.68. The van der Waals surface area contributed by atoms with Gasteiger partial charge in [-0.3, -0.25) is 10.1 Å². The van der Waals surface area contributed by atoms with Gasteiger partial charge in [-0.1, -0.05) is 15.9 Å². The number of carbonyl (C=O) groups excluding carboxylic acids is 1. The van der Waals surface area contributed by atoms with Crippen LogP contribution in [0.5, 0.6) is 5.75 Å². The largest absolute Gasteiger partial charge is 0.486 e. The number of aromatic amines is 1. The standard InChI is InChI=1S/C19H14BrN3O3S/c20-12-3-5-13(6-4-12)25-10-14-7-8-17(26-14)18(24)23-19-22-16(11-27-19)15-2-1-9-21-15/h1-9,11,21H,10H2,(H,22,23,24). The number of aromatic nitrogens is 2. The fourth-order valence-corrected chi connectivity index (χ4v) is 3.34. The molecule has 0 atom stereocenters. The number of halogens is 1. The summed E-state index contributed by atoms with van der Waals surface area (Å²) in [5.41, 5.74) is 1.68. The number of anilines is 1. The van der Waals surface area contributed by atoms with Gasteiger partial charge in [-0.05, 0) is 48.5 Å². The number of thiazole rings is 1. The predicted molar refractivity (Wildman–Crippen MR) is 107 cm³/mol. The molecule has 0 saturated heterocycles. The number of hydrogen-bond donors (Lipinski definition) is 2. The SMILES string of the molecule is O=C(Nc1nc(-c2ccc[nH]2)cs1)c1ccc(COc2ccc(Br)cc2)o1. The van der Waals surface area contributed by atoms with E-state index in [-0.39, 0.29) is 18.3 Å². The number of furan rings is 1. The van der Waals surface area contributed by atoms with E-state index in [9.17, 15) is 4.79 Å². The third kappa shape index (κ3) is 4.29. The Hall–Kier alpha value is -2.84. The lowest BCUT2D eigenvalue weighted by atomic mass is 10.3. The van der Waals surface area contributed by atoms with E-state index < -0.39 is 0 Å². The lowest BCUT2D eigenvalue weighted by Gasteiger charge is -2.04. The van der Waals surface area contributed by atoms with Crippen molar-refractivity contribution in [1.82, 2.24) is 9.97 Å². The molecule has 4 aromatic rings. The summed E-state index contributed by atoms with van der Waals surface area (Å²) in [6, 6.07) is 14.7. The molecular weight excluding hydrogens is 430 g/mol. The molecular formula is C19H14BrN3O3S. The minimum absolute atomic E-state index is 0.209. The maximum Gasteiger partial charge on any atom is 0.293 e. The first-order chi connectivity index (χ1) is 13.2. The van der Waals surface area contributed by atoms with Crippen molar-refractivity contribution in [2.75, 3.05) is 5.32 Å². The van der Waals surface area contributed by atoms with Crippen LogP contribution in [0.4, 0.5) is 5.13 Å². The molecule has 27 heavy (non-hydrogen) atoms. The van der Waals surface area contributed by atoms with Crippen LogP contribution >= 0.6 is 27.3 Å². The van der Waals surface area contributed by atoms with E-state index in [2.05, 4.69) is 31.2 Å². The van der Waals surface area contributed by atoms with Crippen LogP contribution in [0.25, 0.3) is 11.4 Å². The van der Waals surface area contributed by atoms with Crippen molar-refractivity contribution < 1.29 is 13.9 Å². The summed E-state index contributed by atoms with van der Waals surface area (Å²) in [5.74, 6) is 1.15. The van der Waals surface area contributed by atoms with Crippen molar-refractivity contribution in [1.29, 1.82) is 0 Å². The first-order valence-corrected chi connectivity index (χ1v) is 9.72. The second kappa shape index (κ2) is 7.81. The van der Waals surface area contributed by atoms with Gasteiger partial charge in [0.15, 0.2) is 10.9 Å². The predicted octanol–water partition coefficient (Wildman–Crippen LogP) is 5.33. The van der Waals surface area contributed by atoms with Crippen LogP contribution < -0.4 is 10.1 Å². The van der Waals surface area contributed by atoms with Crippen molar-refractivity contribution in [3.8, 4) is 17.1 Å². The van der Waals surface area contributed by atoms with E-state index in [1.54, 1.807) is 12.1 Å². The lowest BCUT2D eigenvalue weighted by molar-refractivity contribution is 0.0992. The van der Waals surface area contributed by atoms with Gasteiger partial charge < -0.3 is 14.1 Å². The van der Waals surface area contributed by atoms with E-state index in [1.807, 2.05) is 48.0 Å². The van der Waals surface area contributed by atoms with Crippen LogP contribution in [0, 0.1) is 0 Å². The Bertz CT molecular complexity index is 1040. The van der Waals surface area contributed by atoms with Crippen LogP contribution in [0.3, 0.4) is 0 Å². The highest BCUT2D eigenvalue weighted by molar-refractivity contribution is 9.10. The zero-order valence-corrected chi connectivity index (χ0v) is 16.3. The Morgan fingerprint density at radius 3 is 2.85 bits per heavy atom. The monoisotopic (exact) mass is 443 g/mol. The molecule has 0 unspecified atom stereocenters. The van der Waals surface area contributed by atoms with Crippen LogP contribution in [0.15, 0.2) is 69.0 Å². The number of H-pyrrole nitrogens is 1. The van der Waals surface area contributed by atoms with Crippen LogP contribution in [0.2, 0.25) is 0 Å². The Kier molecular flexibility index (Phi) is 5.08. The molecule has 0 fully saturated rings. The zero-order valence-electron chi connectivity index (χ0n) is 13.9. The molecule has 8 heteroatoms. The van der Waals surface area contributed by atoms with Crippen molar-refractivity contribution >= 4 is 38.3 Å². The van der Waals surface area contributed by atoms with Gasteiger partial charge in [-0.15, -0.1) is 11.3 Å². The van der Waals surface area contributed by atoms with E-state index in [4.69, 9.17) is 9.15 Å². The summed E-state index contributed by atoms with van der Waals surface area (Å²) in [5, 5.41) is 5.13.